The number of carboxylic acid groups (broad SMARTS) is 4. The summed E-state index contributed by atoms with van der Waals surface area (Å²) in [7, 11) is 0. The van der Waals surface area contributed by atoms with E-state index in [4.69, 9.17) is 30.0 Å². The second kappa shape index (κ2) is 16.3. The molecule has 0 aromatic heterocycles. The standard InChI is InChI=1S/2C10H20.2CH2O3.H2O/c2*1-10(2,3)9-7-5-4-6-8-9;2*2-1(3)4;/h2*9H,4-8H2,1-3H3;2*(H2,2,3,4);1H2. The molecule has 0 unspecified atom stereocenters. The van der Waals surface area contributed by atoms with Crippen LogP contribution in [0, 0.1) is 22.7 Å². The Balaban J connectivity index is -0.000000336. The molecule has 2 aliphatic carbocycles. The van der Waals surface area contributed by atoms with Crippen LogP contribution in [0.4, 0.5) is 9.59 Å². The van der Waals surface area contributed by atoms with Crippen molar-refractivity contribution in [1.82, 2.24) is 0 Å². The summed E-state index contributed by atoms with van der Waals surface area (Å²) in [6.07, 6.45) is 11.1. The first kappa shape index (κ1) is 32.2. The van der Waals surface area contributed by atoms with Crippen LogP contribution in [-0.4, -0.2) is 38.2 Å². The molecule has 0 aromatic rings. The summed E-state index contributed by atoms with van der Waals surface area (Å²) in [5.41, 5.74) is 1.14. The minimum Gasteiger partial charge on any atom is -0.450 e. The molecule has 6 N–H and O–H groups in total. The first-order valence-electron chi connectivity index (χ1n) is 10.5. The maximum atomic E-state index is 8.56. The maximum Gasteiger partial charge on any atom is 0.503 e. The fraction of sp³-hybridized carbons (Fsp3) is 0.909. The van der Waals surface area contributed by atoms with Crippen molar-refractivity contribution in [1.29, 1.82) is 0 Å². The highest BCUT2D eigenvalue weighted by atomic mass is 16.6. The SMILES string of the molecule is CC(C)(C)C1CCCCC1.CC(C)(C)C1CCCCC1.O.O=C(O)O.O=C(O)O. The summed E-state index contributed by atoms with van der Waals surface area (Å²) in [5, 5.41) is 27.9. The predicted octanol–water partition coefficient (Wildman–Crippen LogP) is 6.85. The average molecular weight is 423 g/mol. The van der Waals surface area contributed by atoms with Gasteiger partial charge in [-0.15, -0.1) is 0 Å². The highest BCUT2D eigenvalue weighted by Gasteiger charge is 2.26. The molecule has 2 saturated carbocycles. The van der Waals surface area contributed by atoms with Crippen LogP contribution in [0.2, 0.25) is 0 Å². The quantitative estimate of drug-likeness (QED) is 0.336. The Kier molecular flexibility index (Phi) is 18.1. The molecule has 0 saturated heterocycles. The highest BCUT2D eigenvalue weighted by Crippen LogP contribution is 2.38. The van der Waals surface area contributed by atoms with Crippen molar-refractivity contribution in [2.24, 2.45) is 22.7 Å². The van der Waals surface area contributed by atoms with Crippen molar-refractivity contribution in [3.8, 4) is 0 Å². The maximum absolute atomic E-state index is 8.56. The van der Waals surface area contributed by atoms with E-state index in [9.17, 15) is 0 Å². The molecule has 0 aliphatic heterocycles. The molecule has 0 amide bonds. The van der Waals surface area contributed by atoms with Crippen LogP contribution in [0.3, 0.4) is 0 Å². The summed E-state index contributed by atoms with van der Waals surface area (Å²) in [6.45, 7) is 14.3. The van der Waals surface area contributed by atoms with Gasteiger partial charge in [-0.2, -0.15) is 0 Å². The topological polar surface area (TPSA) is 147 Å². The Bertz CT molecular complexity index is 362. The molecule has 0 atom stereocenters. The van der Waals surface area contributed by atoms with E-state index < -0.39 is 12.3 Å². The van der Waals surface area contributed by atoms with Gasteiger partial charge in [-0.1, -0.05) is 80.1 Å². The minimum atomic E-state index is -1.83. The normalized spacial score (nSPS) is 17.6. The summed E-state index contributed by atoms with van der Waals surface area (Å²) >= 11 is 0. The largest absolute Gasteiger partial charge is 0.503 e. The smallest absolute Gasteiger partial charge is 0.450 e. The lowest BCUT2D eigenvalue weighted by molar-refractivity contribution is 0.135. The van der Waals surface area contributed by atoms with Gasteiger partial charge in [0, 0.05) is 0 Å². The fourth-order valence-electron chi connectivity index (χ4n) is 3.94. The third-order valence-electron chi connectivity index (χ3n) is 5.66. The van der Waals surface area contributed by atoms with Gasteiger partial charge in [0.25, 0.3) is 0 Å². The fourth-order valence-corrected chi connectivity index (χ4v) is 3.94. The van der Waals surface area contributed by atoms with Crippen LogP contribution >= 0.6 is 0 Å². The second-order valence-electron chi connectivity index (χ2n) is 9.97. The molecule has 0 heterocycles. The zero-order valence-corrected chi connectivity index (χ0v) is 19.3. The number of hydrogen-bond donors (Lipinski definition) is 4. The van der Waals surface area contributed by atoms with E-state index in [-0.39, 0.29) is 5.48 Å². The molecule has 2 fully saturated rings. The molecule has 7 heteroatoms. The van der Waals surface area contributed by atoms with Crippen LogP contribution < -0.4 is 0 Å². The van der Waals surface area contributed by atoms with E-state index >= 15 is 0 Å². The molecule has 0 spiro atoms. The van der Waals surface area contributed by atoms with Crippen molar-refractivity contribution in [3.63, 3.8) is 0 Å². The van der Waals surface area contributed by atoms with Crippen LogP contribution in [-0.2, 0) is 0 Å². The number of rotatable bonds is 0. The van der Waals surface area contributed by atoms with Crippen molar-refractivity contribution < 1.29 is 35.5 Å². The summed E-state index contributed by atoms with van der Waals surface area (Å²) < 4.78 is 0. The first-order valence-corrected chi connectivity index (χ1v) is 10.5. The Morgan fingerprint density at radius 3 is 0.828 bits per heavy atom. The third-order valence-corrected chi connectivity index (χ3v) is 5.66. The monoisotopic (exact) mass is 422 g/mol. The van der Waals surface area contributed by atoms with E-state index in [1.165, 1.54) is 64.2 Å². The van der Waals surface area contributed by atoms with Crippen molar-refractivity contribution in [2.75, 3.05) is 0 Å². The Labute approximate surface area is 176 Å². The van der Waals surface area contributed by atoms with Gasteiger partial charge >= 0.3 is 12.3 Å². The second-order valence-corrected chi connectivity index (χ2v) is 9.97. The van der Waals surface area contributed by atoms with Crippen LogP contribution in [0.25, 0.3) is 0 Å². The first-order chi connectivity index (χ1) is 12.7. The molecule has 0 radical (unpaired) electrons. The zero-order chi connectivity index (χ0) is 22.4. The summed E-state index contributed by atoms with van der Waals surface area (Å²) in [5.74, 6) is 2.00. The zero-order valence-electron chi connectivity index (χ0n) is 19.3. The Morgan fingerprint density at radius 2 is 0.724 bits per heavy atom. The van der Waals surface area contributed by atoms with Gasteiger partial charge in [0.15, 0.2) is 0 Å². The number of hydrogen-bond acceptors (Lipinski definition) is 2. The van der Waals surface area contributed by atoms with E-state index in [1.54, 1.807) is 0 Å². The van der Waals surface area contributed by atoms with Gasteiger partial charge in [-0.25, -0.2) is 9.59 Å². The Morgan fingerprint density at radius 1 is 0.552 bits per heavy atom. The molecule has 2 aliphatic rings. The molecular weight excluding hydrogens is 376 g/mol. The molecule has 176 valence electrons. The summed E-state index contributed by atoms with van der Waals surface area (Å²) in [6, 6.07) is 0. The van der Waals surface area contributed by atoms with E-state index in [0.717, 1.165) is 11.8 Å². The molecule has 29 heavy (non-hydrogen) atoms. The van der Waals surface area contributed by atoms with E-state index in [1.807, 2.05) is 0 Å². The lowest BCUT2D eigenvalue weighted by Gasteiger charge is -2.33. The van der Waals surface area contributed by atoms with Gasteiger partial charge in [0.1, 0.15) is 0 Å². The molecular formula is C22H46O7. The van der Waals surface area contributed by atoms with Crippen molar-refractivity contribution in [2.45, 2.75) is 106 Å². The van der Waals surface area contributed by atoms with Gasteiger partial charge in [0.05, 0.1) is 0 Å². The van der Waals surface area contributed by atoms with Gasteiger partial charge in [-0.05, 0) is 48.3 Å². The van der Waals surface area contributed by atoms with Crippen LogP contribution in [0.5, 0.6) is 0 Å². The van der Waals surface area contributed by atoms with Gasteiger partial charge in [0.2, 0.25) is 0 Å². The Hall–Kier alpha value is -1.50. The van der Waals surface area contributed by atoms with Crippen molar-refractivity contribution >= 4 is 12.3 Å². The average Bonchev–Trinajstić information content (AvgIpc) is 2.54. The molecule has 0 bridgehead atoms. The molecule has 2 rings (SSSR count). The molecule has 0 aromatic carbocycles. The van der Waals surface area contributed by atoms with Crippen LogP contribution in [0.1, 0.15) is 106 Å². The predicted molar refractivity (Wildman–Crippen MR) is 117 cm³/mol. The molecule has 7 nitrogen and oxygen atoms in total. The number of carbonyl (C=O) groups is 2. The van der Waals surface area contributed by atoms with Crippen molar-refractivity contribution in [3.05, 3.63) is 0 Å². The third kappa shape index (κ3) is 22.7. The lowest BCUT2D eigenvalue weighted by Crippen LogP contribution is -2.22. The van der Waals surface area contributed by atoms with Gasteiger partial charge < -0.3 is 25.9 Å². The van der Waals surface area contributed by atoms with E-state index in [0.29, 0.717) is 10.8 Å². The lowest BCUT2D eigenvalue weighted by atomic mass is 9.72. The highest BCUT2D eigenvalue weighted by molar-refractivity contribution is 5.53. The van der Waals surface area contributed by atoms with E-state index in [2.05, 4.69) is 41.5 Å². The van der Waals surface area contributed by atoms with Crippen LogP contribution in [0.15, 0.2) is 0 Å². The summed E-state index contributed by atoms with van der Waals surface area (Å²) in [4.78, 5) is 17.1. The minimum absolute atomic E-state index is 0. The van der Waals surface area contributed by atoms with Gasteiger partial charge in [-0.3, -0.25) is 0 Å².